The lowest BCUT2D eigenvalue weighted by Gasteiger charge is -2.13. The fourth-order valence-corrected chi connectivity index (χ4v) is 4.57. The summed E-state index contributed by atoms with van der Waals surface area (Å²) in [4.78, 5) is 18.6. The van der Waals surface area contributed by atoms with E-state index < -0.39 is 0 Å². The quantitative estimate of drug-likeness (QED) is 0.354. The van der Waals surface area contributed by atoms with Gasteiger partial charge in [0.1, 0.15) is 29.0 Å². The Morgan fingerprint density at radius 3 is 2.57 bits per heavy atom. The molecule has 0 aliphatic heterocycles. The number of aromatic nitrogens is 7. The Bertz CT molecular complexity index is 1570. The summed E-state index contributed by atoms with van der Waals surface area (Å²) >= 11 is 0. The number of methoxy groups -OCH3 is 3. The van der Waals surface area contributed by atoms with E-state index in [0.717, 1.165) is 63.2 Å². The van der Waals surface area contributed by atoms with Gasteiger partial charge in [0, 0.05) is 47.8 Å². The predicted octanol–water partition coefficient (Wildman–Crippen LogP) is 3.73. The lowest BCUT2D eigenvalue weighted by atomic mass is 10.1. The number of aryl methyl sites for hydroxylation is 1. The van der Waals surface area contributed by atoms with E-state index in [0.29, 0.717) is 24.2 Å². The van der Waals surface area contributed by atoms with Gasteiger partial charge in [0.2, 0.25) is 5.88 Å². The fraction of sp³-hybridized carbons (Fsp3) is 0.320. The first-order chi connectivity index (χ1) is 17.1. The highest BCUT2D eigenvalue weighted by atomic mass is 16.5. The monoisotopic (exact) mass is 471 g/mol. The van der Waals surface area contributed by atoms with Gasteiger partial charge in [-0.25, -0.2) is 19.9 Å². The van der Waals surface area contributed by atoms with Crippen LogP contribution in [0.25, 0.3) is 33.5 Å². The maximum Gasteiger partial charge on any atom is 0.227 e. The first-order valence-electron chi connectivity index (χ1n) is 11.4. The Morgan fingerprint density at radius 2 is 1.83 bits per heavy atom. The summed E-state index contributed by atoms with van der Waals surface area (Å²) in [5, 5.41) is 6.64. The Kier molecular flexibility index (Phi) is 5.01. The summed E-state index contributed by atoms with van der Waals surface area (Å²) in [7, 11) is 6.82. The second kappa shape index (κ2) is 8.23. The molecule has 4 heterocycles. The first-order valence-corrected chi connectivity index (χ1v) is 11.4. The van der Waals surface area contributed by atoms with Crippen LogP contribution in [0.5, 0.6) is 17.4 Å². The Labute approximate surface area is 201 Å². The van der Waals surface area contributed by atoms with Crippen LogP contribution in [0.1, 0.15) is 30.0 Å². The summed E-state index contributed by atoms with van der Waals surface area (Å²) in [6.45, 7) is 0.512. The predicted molar refractivity (Wildman–Crippen MR) is 130 cm³/mol. The molecule has 10 heteroatoms. The van der Waals surface area contributed by atoms with Crippen LogP contribution in [0.3, 0.4) is 0 Å². The maximum atomic E-state index is 5.65. The zero-order valence-electron chi connectivity index (χ0n) is 20.0. The number of ether oxygens (including phenoxy) is 3. The highest BCUT2D eigenvalue weighted by Gasteiger charge is 2.31. The number of fused-ring (bicyclic) bond motifs is 3. The standard InChI is InChI=1S/C25H25N7O3/c1-31-12-18-17-10-26-22(20-21(14-5-6-14)27-13-28-25(20)35-4)29-23(17)32(24(18)30-31)11-15-7-8-16(33-2)9-19(15)34-3/h7-10,12-14H,5-6,11H2,1-4H3. The van der Waals surface area contributed by atoms with Crippen molar-refractivity contribution < 1.29 is 14.2 Å². The van der Waals surface area contributed by atoms with Gasteiger partial charge in [0.05, 0.1) is 33.6 Å². The molecule has 10 nitrogen and oxygen atoms in total. The van der Waals surface area contributed by atoms with Gasteiger partial charge < -0.3 is 18.8 Å². The molecular weight excluding hydrogens is 446 g/mol. The van der Waals surface area contributed by atoms with E-state index >= 15 is 0 Å². The number of benzene rings is 1. The molecule has 0 atom stereocenters. The van der Waals surface area contributed by atoms with Crippen LogP contribution in [-0.4, -0.2) is 55.6 Å². The van der Waals surface area contributed by atoms with Crippen molar-refractivity contribution in [1.29, 1.82) is 0 Å². The summed E-state index contributed by atoms with van der Waals surface area (Å²) in [5.74, 6) is 2.89. The average Bonchev–Trinajstić information content (AvgIpc) is 3.62. The van der Waals surface area contributed by atoms with E-state index in [2.05, 4.69) is 14.5 Å². The van der Waals surface area contributed by atoms with Crippen LogP contribution in [0, 0.1) is 0 Å². The topological polar surface area (TPSA) is 102 Å². The SMILES string of the molecule is COc1ccc(Cn2c3nc(-c4c(OC)ncnc4C4CC4)ncc3c3cn(C)nc32)c(OC)c1. The molecule has 0 radical (unpaired) electrons. The molecule has 0 bridgehead atoms. The zero-order valence-corrected chi connectivity index (χ0v) is 20.0. The Hall–Kier alpha value is -4.21. The summed E-state index contributed by atoms with van der Waals surface area (Å²) < 4.78 is 20.5. The highest BCUT2D eigenvalue weighted by molar-refractivity contribution is 6.05. The van der Waals surface area contributed by atoms with Gasteiger partial charge in [-0.15, -0.1) is 0 Å². The smallest absolute Gasteiger partial charge is 0.227 e. The molecule has 0 N–H and O–H groups in total. The second-order valence-electron chi connectivity index (χ2n) is 8.65. The normalized spacial score (nSPS) is 13.5. The molecule has 5 aromatic rings. The molecule has 1 aliphatic rings. The van der Waals surface area contributed by atoms with Crippen molar-refractivity contribution >= 4 is 22.1 Å². The molecule has 35 heavy (non-hydrogen) atoms. The summed E-state index contributed by atoms with van der Waals surface area (Å²) in [6.07, 6.45) is 7.58. The van der Waals surface area contributed by atoms with E-state index in [9.17, 15) is 0 Å². The van der Waals surface area contributed by atoms with Gasteiger partial charge in [-0.2, -0.15) is 5.10 Å². The van der Waals surface area contributed by atoms with Crippen LogP contribution in [-0.2, 0) is 13.6 Å². The molecule has 0 amide bonds. The van der Waals surface area contributed by atoms with Crippen molar-refractivity contribution in [3.8, 4) is 28.8 Å². The largest absolute Gasteiger partial charge is 0.497 e. The number of hydrogen-bond donors (Lipinski definition) is 0. The number of rotatable bonds is 7. The number of hydrogen-bond acceptors (Lipinski definition) is 8. The molecule has 0 spiro atoms. The second-order valence-corrected chi connectivity index (χ2v) is 8.65. The van der Waals surface area contributed by atoms with Crippen molar-refractivity contribution in [3.63, 3.8) is 0 Å². The minimum Gasteiger partial charge on any atom is -0.497 e. The van der Waals surface area contributed by atoms with Crippen molar-refractivity contribution in [1.82, 2.24) is 34.3 Å². The summed E-state index contributed by atoms with van der Waals surface area (Å²) in [5.41, 5.74) is 4.28. The van der Waals surface area contributed by atoms with Crippen molar-refractivity contribution in [2.24, 2.45) is 7.05 Å². The van der Waals surface area contributed by atoms with E-state index in [1.807, 2.05) is 37.6 Å². The van der Waals surface area contributed by atoms with Gasteiger partial charge in [0.15, 0.2) is 11.5 Å². The lowest BCUT2D eigenvalue weighted by molar-refractivity contribution is 0.390. The molecule has 1 aliphatic carbocycles. The highest BCUT2D eigenvalue weighted by Crippen LogP contribution is 2.45. The molecule has 178 valence electrons. The van der Waals surface area contributed by atoms with Gasteiger partial charge in [-0.1, -0.05) is 0 Å². The molecule has 0 saturated heterocycles. The molecule has 0 unspecified atom stereocenters. The fourth-order valence-electron chi connectivity index (χ4n) is 4.57. The van der Waals surface area contributed by atoms with E-state index in [1.54, 1.807) is 32.3 Å². The van der Waals surface area contributed by atoms with E-state index in [1.165, 1.54) is 0 Å². The van der Waals surface area contributed by atoms with Crippen molar-refractivity contribution in [2.75, 3.05) is 21.3 Å². The van der Waals surface area contributed by atoms with Crippen LogP contribution in [0.15, 0.2) is 36.9 Å². The number of nitrogens with zero attached hydrogens (tertiary/aromatic N) is 7. The van der Waals surface area contributed by atoms with Gasteiger partial charge in [-0.3, -0.25) is 4.68 Å². The van der Waals surface area contributed by atoms with Crippen LogP contribution in [0.4, 0.5) is 0 Å². The molecule has 1 saturated carbocycles. The third-order valence-corrected chi connectivity index (χ3v) is 6.42. The van der Waals surface area contributed by atoms with Crippen LogP contribution in [0.2, 0.25) is 0 Å². The Balaban J connectivity index is 1.56. The average molecular weight is 472 g/mol. The third kappa shape index (κ3) is 3.52. The minimum absolute atomic E-state index is 0.388. The Morgan fingerprint density at radius 1 is 0.971 bits per heavy atom. The van der Waals surface area contributed by atoms with Gasteiger partial charge in [0.25, 0.3) is 0 Å². The molecule has 6 rings (SSSR count). The maximum absolute atomic E-state index is 5.65. The van der Waals surface area contributed by atoms with Crippen LogP contribution < -0.4 is 14.2 Å². The minimum atomic E-state index is 0.388. The molecular formula is C25H25N7O3. The molecule has 4 aromatic heterocycles. The van der Waals surface area contributed by atoms with Gasteiger partial charge >= 0.3 is 0 Å². The third-order valence-electron chi connectivity index (χ3n) is 6.42. The van der Waals surface area contributed by atoms with Crippen molar-refractivity contribution in [2.45, 2.75) is 25.3 Å². The molecule has 1 fully saturated rings. The first kappa shape index (κ1) is 21.3. The zero-order chi connectivity index (χ0) is 24.1. The van der Waals surface area contributed by atoms with Gasteiger partial charge in [-0.05, 0) is 25.0 Å². The lowest BCUT2D eigenvalue weighted by Crippen LogP contribution is -2.06. The van der Waals surface area contributed by atoms with Crippen molar-refractivity contribution in [3.05, 3.63) is 48.2 Å². The summed E-state index contributed by atoms with van der Waals surface area (Å²) in [6, 6.07) is 5.80. The molecule has 1 aromatic carbocycles. The van der Waals surface area contributed by atoms with Crippen LogP contribution >= 0.6 is 0 Å². The van der Waals surface area contributed by atoms with E-state index in [-0.39, 0.29) is 0 Å². The van der Waals surface area contributed by atoms with E-state index in [4.69, 9.17) is 29.3 Å².